The molecule has 2 N–H and O–H groups in total. The quantitative estimate of drug-likeness (QED) is 0.390. The van der Waals surface area contributed by atoms with Crippen molar-refractivity contribution in [3.8, 4) is 28.5 Å². The molecule has 0 aliphatic rings. The zero-order valence-electron chi connectivity index (χ0n) is 18.3. The van der Waals surface area contributed by atoms with Crippen molar-refractivity contribution in [1.29, 1.82) is 0 Å². The first kappa shape index (κ1) is 22.0. The Morgan fingerprint density at radius 1 is 0.939 bits per heavy atom. The molecular weight excluding hydrogens is 414 g/mol. The number of hydrogen-bond acceptors (Lipinski definition) is 5. The van der Waals surface area contributed by atoms with E-state index >= 15 is 0 Å². The van der Waals surface area contributed by atoms with Gasteiger partial charge in [-0.25, -0.2) is 4.98 Å². The van der Waals surface area contributed by atoms with Gasteiger partial charge in [0.05, 0.1) is 30.1 Å². The number of rotatable bonds is 9. The van der Waals surface area contributed by atoms with Crippen molar-refractivity contribution in [3.63, 3.8) is 0 Å². The fourth-order valence-corrected chi connectivity index (χ4v) is 3.54. The van der Waals surface area contributed by atoms with E-state index in [1.165, 1.54) is 0 Å². The molecule has 0 radical (unpaired) electrons. The summed E-state index contributed by atoms with van der Waals surface area (Å²) in [7, 11) is 0. The number of primary amides is 1. The molecule has 4 rings (SSSR count). The van der Waals surface area contributed by atoms with Crippen LogP contribution in [-0.2, 0) is 11.2 Å². The summed E-state index contributed by atoms with van der Waals surface area (Å²) in [6.45, 7) is 2.48. The van der Waals surface area contributed by atoms with E-state index in [0.29, 0.717) is 41.7 Å². The number of aromatic nitrogens is 2. The Balaban J connectivity index is 1.60. The fraction of sp³-hybridized carbons (Fsp3) is 0.148. The zero-order chi connectivity index (χ0) is 23.0. The first-order valence-electron chi connectivity index (χ1n) is 10.8. The van der Waals surface area contributed by atoms with Crippen LogP contribution in [0.25, 0.3) is 11.3 Å². The number of carbonyl (C=O) groups is 1. The van der Waals surface area contributed by atoms with E-state index in [2.05, 4.69) is 4.98 Å². The van der Waals surface area contributed by atoms with Gasteiger partial charge in [-0.05, 0) is 43.2 Å². The van der Waals surface area contributed by atoms with Crippen LogP contribution in [0, 0.1) is 0 Å². The largest absolute Gasteiger partial charge is 0.490 e. The van der Waals surface area contributed by atoms with E-state index < -0.39 is 11.8 Å². The van der Waals surface area contributed by atoms with Crippen LogP contribution in [0.15, 0.2) is 91.3 Å². The Bertz CT molecular complexity index is 1230. The maximum Gasteiger partial charge on any atom is 0.226 e. The molecule has 0 aliphatic carbocycles. The van der Waals surface area contributed by atoms with Gasteiger partial charge in [-0.3, -0.25) is 9.78 Å². The molecule has 0 saturated heterocycles. The maximum atomic E-state index is 12.2. The Morgan fingerprint density at radius 3 is 2.45 bits per heavy atom. The molecule has 1 amide bonds. The summed E-state index contributed by atoms with van der Waals surface area (Å²) < 4.78 is 11.7. The van der Waals surface area contributed by atoms with Crippen LogP contribution < -0.4 is 15.2 Å². The molecule has 3 aromatic carbocycles. The zero-order valence-corrected chi connectivity index (χ0v) is 18.3. The molecule has 4 aromatic rings. The van der Waals surface area contributed by atoms with Crippen LogP contribution in [0.3, 0.4) is 0 Å². The van der Waals surface area contributed by atoms with E-state index in [1.807, 2.05) is 85.8 Å². The van der Waals surface area contributed by atoms with Gasteiger partial charge in [0.1, 0.15) is 5.75 Å². The Hall–Kier alpha value is -4.19. The predicted molar refractivity (Wildman–Crippen MR) is 127 cm³/mol. The molecular formula is C27H25N3O3. The van der Waals surface area contributed by atoms with Crippen molar-refractivity contribution >= 4 is 5.91 Å². The van der Waals surface area contributed by atoms with Crippen molar-refractivity contribution in [2.24, 2.45) is 5.73 Å². The number of carbonyl (C=O) groups excluding carboxylic acids is 1. The summed E-state index contributed by atoms with van der Waals surface area (Å²) in [4.78, 5) is 21.3. The van der Waals surface area contributed by atoms with Crippen molar-refractivity contribution in [3.05, 3.63) is 103 Å². The SMILES string of the molecule is CCOc1ccccc1Oc1cccc(-c2cncc(C(Cc3ccccc3)C(N)=O)n2)c1. The van der Waals surface area contributed by atoms with Crippen LogP contribution in [0.2, 0.25) is 0 Å². The molecule has 6 nitrogen and oxygen atoms in total. The van der Waals surface area contributed by atoms with Gasteiger partial charge < -0.3 is 15.2 Å². The van der Waals surface area contributed by atoms with E-state index in [4.69, 9.17) is 20.2 Å². The lowest BCUT2D eigenvalue weighted by Gasteiger charge is -2.14. The third-order valence-corrected chi connectivity index (χ3v) is 5.14. The van der Waals surface area contributed by atoms with E-state index in [1.54, 1.807) is 12.4 Å². The maximum absolute atomic E-state index is 12.2. The second kappa shape index (κ2) is 10.4. The second-order valence-electron chi connectivity index (χ2n) is 7.48. The second-order valence-corrected chi connectivity index (χ2v) is 7.48. The van der Waals surface area contributed by atoms with Crippen molar-refractivity contribution in [2.75, 3.05) is 6.61 Å². The molecule has 0 aliphatic heterocycles. The summed E-state index contributed by atoms with van der Waals surface area (Å²) in [5.41, 5.74) is 8.72. The number of nitrogens with zero attached hydrogens (tertiary/aromatic N) is 2. The highest BCUT2D eigenvalue weighted by Crippen LogP contribution is 2.33. The highest BCUT2D eigenvalue weighted by molar-refractivity contribution is 5.82. The first-order chi connectivity index (χ1) is 16.1. The van der Waals surface area contributed by atoms with E-state index in [-0.39, 0.29) is 0 Å². The lowest BCUT2D eigenvalue weighted by atomic mass is 9.95. The van der Waals surface area contributed by atoms with Crippen molar-refractivity contribution < 1.29 is 14.3 Å². The van der Waals surface area contributed by atoms with Crippen LogP contribution in [0.5, 0.6) is 17.2 Å². The van der Waals surface area contributed by atoms with Gasteiger partial charge in [-0.1, -0.05) is 54.6 Å². The van der Waals surface area contributed by atoms with Crippen LogP contribution in [-0.4, -0.2) is 22.5 Å². The third-order valence-electron chi connectivity index (χ3n) is 5.14. The lowest BCUT2D eigenvalue weighted by molar-refractivity contribution is -0.119. The van der Waals surface area contributed by atoms with Crippen LogP contribution >= 0.6 is 0 Å². The summed E-state index contributed by atoms with van der Waals surface area (Å²) in [5.74, 6) is 0.945. The van der Waals surface area contributed by atoms with Crippen molar-refractivity contribution in [2.45, 2.75) is 19.3 Å². The smallest absolute Gasteiger partial charge is 0.226 e. The standard InChI is InChI=1S/C27H25N3O3/c1-2-32-25-13-6-7-14-26(25)33-21-12-8-11-20(16-21)23-17-29-18-24(30-23)22(27(28)31)15-19-9-4-3-5-10-19/h3-14,16-18,22H,2,15H2,1H3,(H2,28,31). The summed E-state index contributed by atoms with van der Waals surface area (Å²) in [6.07, 6.45) is 3.73. The summed E-state index contributed by atoms with van der Waals surface area (Å²) in [5, 5.41) is 0. The predicted octanol–water partition coefficient (Wildman–Crippen LogP) is 5.15. The van der Waals surface area contributed by atoms with Crippen LogP contribution in [0.4, 0.5) is 0 Å². The third kappa shape index (κ3) is 5.54. The Kier molecular flexibility index (Phi) is 6.95. The van der Waals surface area contributed by atoms with E-state index in [0.717, 1.165) is 11.1 Å². The molecule has 1 atom stereocenters. The molecule has 0 saturated carbocycles. The van der Waals surface area contributed by atoms with Crippen LogP contribution in [0.1, 0.15) is 24.1 Å². The van der Waals surface area contributed by atoms with Gasteiger partial charge in [-0.15, -0.1) is 0 Å². The van der Waals surface area contributed by atoms with Gasteiger partial charge in [0.2, 0.25) is 5.91 Å². The number of para-hydroxylation sites is 2. The molecule has 0 fully saturated rings. The summed E-state index contributed by atoms with van der Waals surface area (Å²) in [6, 6.07) is 24.8. The normalized spacial score (nSPS) is 11.5. The molecule has 166 valence electrons. The average molecular weight is 440 g/mol. The number of hydrogen-bond donors (Lipinski definition) is 1. The minimum atomic E-state index is -0.572. The molecule has 1 heterocycles. The fourth-order valence-electron chi connectivity index (χ4n) is 3.54. The van der Waals surface area contributed by atoms with Crippen molar-refractivity contribution in [1.82, 2.24) is 9.97 Å². The topological polar surface area (TPSA) is 87.3 Å². The highest BCUT2D eigenvalue weighted by Gasteiger charge is 2.21. The van der Waals surface area contributed by atoms with Gasteiger partial charge in [-0.2, -0.15) is 0 Å². The molecule has 6 heteroatoms. The number of amides is 1. The Morgan fingerprint density at radius 2 is 1.70 bits per heavy atom. The minimum Gasteiger partial charge on any atom is -0.490 e. The average Bonchev–Trinajstić information content (AvgIpc) is 2.85. The molecule has 33 heavy (non-hydrogen) atoms. The molecule has 1 aromatic heterocycles. The lowest BCUT2D eigenvalue weighted by Crippen LogP contribution is -2.24. The Labute approximate surface area is 193 Å². The highest BCUT2D eigenvalue weighted by atomic mass is 16.5. The first-order valence-corrected chi connectivity index (χ1v) is 10.8. The van der Waals surface area contributed by atoms with Gasteiger partial charge in [0.15, 0.2) is 11.5 Å². The monoisotopic (exact) mass is 439 g/mol. The van der Waals surface area contributed by atoms with Gasteiger partial charge in [0.25, 0.3) is 0 Å². The van der Waals surface area contributed by atoms with E-state index in [9.17, 15) is 4.79 Å². The molecule has 0 bridgehead atoms. The number of ether oxygens (including phenoxy) is 2. The summed E-state index contributed by atoms with van der Waals surface area (Å²) >= 11 is 0. The molecule has 1 unspecified atom stereocenters. The number of nitrogens with two attached hydrogens (primary N) is 1. The van der Waals surface area contributed by atoms with Gasteiger partial charge >= 0.3 is 0 Å². The van der Waals surface area contributed by atoms with Gasteiger partial charge in [0, 0.05) is 11.8 Å². The number of benzene rings is 3. The molecule has 0 spiro atoms. The minimum absolute atomic E-state index is 0.435.